The molecule has 6 heteroatoms. The molecule has 0 radical (unpaired) electrons. The van der Waals surface area contributed by atoms with E-state index in [9.17, 15) is 9.59 Å². The summed E-state index contributed by atoms with van der Waals surface area (Å²) >= 11 is 3.31. The summed E-state index contributed by atoms with van der Waals surface area (Å²) in [5.74, 6) is -0.0842. The van der Waals surface area contributed by atoms with Crippen LogP contribution in [0.25, 0.3) is 11.3 Å². The second kappa shape index (κ2) is 6.47. The number of rotatable bonds is 4. The molecule has 0 bridgehead atoms. The molecule has 20 heavy (non-hydrogen) atoms. The molecule has 1 amide bonds. The molecule has 1 unspecified atom stereocenters. The highest BCUT2D eigenvalue weighted by atomic mass is 79.9. The Morgan fingerprint density at radius 2 is 2.20 bits per heavy atom. The van der Waals surface area contributed by atoms with Crippen LogP contribution in [0, 0.1) is 0 Å². The second-order valence-electron chi connectivity index (χ2n) is 4.25. The molecule has 1 aromatic heterocycles. The van der Waals surface area contributed by atoms with Gasteiger partial charge in [-0.3, -0.25) is 9.59 Å². The standard InChI is InChI=1S/C14H14BrN3O2/c1-2-11(15)14(20)16-10-5-3-4-9(8-10)12-6-7-13(19)18-17-12/h3-8,11H,2H2,1H3,(H,16,20)(H,18,19). The molecule has 1 atom stereocenters. The average Bonchev–Trinajstić information content (AvgIpc) is 2.47. The fourth-order valence-electron chi connectivity index (χ4n) is 1.67. The first kappa shape index (κ1) is 14.5. The highest BCUT2D eigenvalue weighted by molar-refractivity contribution is 9.10. The minimum absolute atomic E-state index is 0.0842. The average molecular weight is 336 g/mol. The third-order valence-electron chi connectivity index (χ3n) is 2.75. The van der Waals surface area contributed by atoms with Crippen LogP contribution >= 0.6 is 15.9 Å². The maximum Gasteiger partial charge on any atom is 0.264 e. The number of hydrogen-bond donors (Lipinski definition) is 2. The van der Waals surface area contributed by atoms with Crippen molar-refractivity contribution in [1.29, 1.82) is 0 Å². The molecule has 2 N–H and O–H groups in total. The molecule has 2 aromatic rings. The first-order valence-electron chi connectivity index (χ1n) is 6.21. The summed E-state index contributed by atoms with van der Waals surface area (Å²) in [6, 6.07) is 10.4. The van der Waals surface area contributed by atoms with Crippen molar-refractivity contribution in [2.45, 2.75) is 18.2 Å². The smallest absolute Gasteiger partial charge is 0.264 e. The van der Waals surface area contributed by atoms with Gasteiger partial charge in [0.05, 0.1) is 10.5 Å². The summed E-state index contributed by atoms with van der Waals surface area (Å²) < 4.78 is 0. The van der Waals surface area contributed by atoms with Crippen molar-refractivity contribution in [1.82, 2.24) is 10.2 Å². The van der Waals surface area contributed by atoms with Crippen LogP contribution < -0.4 is 10.9 Å². The van der Waals surface area contributed by atoms with Gasteiger partial charge >= 0.3 is 0 Å². The van der Waals surface area contributed by atoms with Gasteiger partial charge in [0.15, 0.2) is 0 Å². The monoisotopic (exact) mass is 335 g/mol. The van der Waals surface area contributed by atoms with Crippen molar-refractivity contribution < 1.29 is 4.79 Å². The number of nitrogens with zero attached hydrogens (tertiary/aromatic N) is 1. The molecule has 0 aliphatic heterocycles. The highest BCUT2D eigenvalue weighted by Crippen LogP contribution is 2.20. The number of aromatic amines is 1. The van der Waals surface area contributed by atoms with Crippen molar-refractivity contribution in [3.63, 3.8) is 0 Å². The molecule has 0 saturated heterocycles. The van der Waals surface area contributed by atoms with Crippen LogP contribution in [-0.2, 0) is 4.79 Å². The fourth-order valence-corrected chi connectivity index (χ4v) is 1.78. The minimum atomic E-state index is -0.247. The third-order valence-corrected chi connectivity index (χ3v) is 3.81. The number of aromatic nitrogens is 2. The first-order chi connectivity index (χ1) is 9.60. The Hall–Kier alpha value is -1.95. The second-order valence-corrected chi connectivity index (χ2v) is 5.36. The maximum absolute atomic E-state index is 11.8. The summed E-state index contributed by atoms with van der Waals surface area (Å²) in [5, 5.41) is 9.17. The lowest BCUT2D eigenvalue weighted by atomic mass is 10.1. The zero-order valence-electron chi connectivity index (χ0n) is 10.9. The van der Waals surface area contributed by atoms with E-state index in [1.54, 1.807) is 6.07 Å². The lowest BCUT2D eigenvalue weighted by molar-refractivity contribution is -0.115. The van der Waals surface area contributed by atoms with Gasteiger partial charge < -0.3 is 5.32 Å². The molecule has 0 spiro atoms. The molecule has 0 aliphatic rings. The van der Waals surface area contributed by atoms with Crippen LogP contribution in [-0.4, -0.2) is 20.9 Å². The summed E-state index contributed by atoms with van der Waals surface area (Å²) in [4.78, 5) is 22.6. The number of anilines is 1. The van der Waals surface area contributed by atoms with E-state index < -0.39 is 0 Å². The van der Waals surface area contributed by atoms with Crippen molar-refractivity contribution in [2.75, 3.05) is 5.32 Å². The van der Waals surface area contributed by atoms with Gasteiger partial charge in [-0.15, -0.1) is 0 Å². The quantitative estimate of drug-likeness (QED) is 0.843. The number of nitrogens with one attached hydrogen (secondary N) is 2. The van der Waals surface area contributed by atoms with Gasteiger partial charge in [0.2, 0.25) is 5.91 Å². The van der Waals surface area contributed by atoms with Crippen LogP contribution in [0.15, 0.2) is 41.2 Å². The van der Waals surface area contributed by atoms with Crippen molar-refractivity contribution >= 4 is 27.5 Å². The Balaban J connectivity index is 2.22. The number of hydrogen-bond acceptors (Lipinski definition) is 3. The van der Waals surface area contributed by atoms with Gasteiger partial charge in [-0.05, 0) is 24.6 Å². The number of halogens is 1. The predicted molar refractivity (Wildman–Crippen MR) is 81.9 cm³/mol. The molecule has 5 nitrogen and oxygen atoms in total. The lowest BCUT2D eigenvalue weighted by Crippen LogP contribution is -2.21. The van der Waals surface area contributed by atoms with Crippen LogP contribution in [0.5, 0.6) is 0 Å². The van der Waals surface area contributed by atoms with Crippen LogP contribution in [0.1, 0.15) is 13.3 Å². The topological polar surface area (TPSA) is 74.8 Å². The van der Waals surface area contributed by atoms with E-state index in [0.29, 0.717) is 17.8 Å². The molecule has 1 heterocycles. The van der Waals surface area contributed by atoms with E-state index in [-0.39, 0.29) is 16.3 Å². The number of carbonyl (C=O) groups excluding carboxylic acids is 1. The Morgan fingerprint density at radius 3 is 2.85 bits per heavy atom. The van der Waals surface area contributed by atoms with Gasteiger partial charge in [0.25, 0.3) is 5.56 Å². The van der Waals surface area contributed by atoms with Gasteiger partial charge in [0.1, 0.15) is 0 Å². The summed E-state index contributed by atoms with van der Waals surface area (Å²) in [5.41, 5.74) is 1.91. The molecule has 0 saturated carbocycles. The van der Waals surface area contributed by atoms with E-state index in [0.717, 1.165) is 5.56 Å². The van der Waals surface area contributed by atoms with Crippen molar-refractivity contribution in [3.05, 3.63) is 46.8 Å². The Labute approximate surface area is 124 Å². The zero-order chi connectivity index (χ0) is 14.5. The molecule has 104 valence electrons. The Morgan fingerprint density at radius 1 is 1.40 bits per heavy atom. The number of H-pyrrole nitrogens is 1. The molecular formula is C14H14BrN3O2. The maximum atomic E-state index is 11.8. The highest BCUT2D eigenvalue weighted by Gasteiger charge is 2.12. The fraction of sp³-hybridized carbons (Fsp3) is 0.214. The summed E-state index contributed by atoms with van der Waals surface area (Å²) in [6.45, 7) is 1.93. The number of benzene rings is 1. The summed E-state index contributed by atoms with van der Waals surface area (Å²) in [7, 11) is 0. The van der Waals surface area contributed by atoms with E-state index in [1.165, 1.54) is 6.07 Å². The molecule has 1 aromatic carbocycles. The normalized spacial score (nSPS) is 11.9. The molecule has 0 fully saturated rings. The van der Waals surface area contributed by atoms with E-state index in [2.05, 4.69) is 31.4 Å². The van der Waals surface area contributed by atoms with Crippen molar-refractivity contribution in [2.24, 2.45) is 0 Å². The Kier molecular flexibility index (Phi) is 4.68. The van der Waals surface area contributed by atoms with Gasteiger partial charge in [-0.25, -0.2) is 5.10 Å². The van der Waals surface area contributed by atoms with Crippen molar-refractivity contribution in [3.8, 4) is 11.3 Å². The van der Waals surface area contributed by atoms with Gasteiger partial charge in [-0.1, -0.05) is 35.0 Å². The molecule has 0 aliphatic carbocycles. The number of carbonyl (C=O) groups is 1. The first-order valence-corrected chi connectivity index (χ1v) is 7.13. The van der Waals surface area contributed by atoms with E-state index >= 15 is 0 Å². The van der Waals surface area contributed by atoms with Crippen LogP contribution in [0.4, 0.5) is 5.69 Å². The van der Waals surface area contributed by atoms with E-state index in [4.69, 9.17) is 0 Å². The number of amides is 1. The predicted octanol–water partition coefficient (Wildman–Crippen LogP) is 2.55. The molecule has 2 rings (SSSR count). The van der Waals surface area contributed by atoms with Gasteiger partial charge in [-0.2, -0.15) is 5.10 Å². The number of alkyl halides is 1. The third kappa shape index (κ3) is 3.54. The largest absolute Gasteiger partial charge is 0.325 e. The summed E-state index contributed by atoms with van der Waals surface area (Å²) in [6.07, 6.45) is 0.715. The van der Waals surface area contributed by atoms with Crippen LogP contribution in [0.3, 0.4) is 0 Å². The van der Waals surface area contributed by atoms with Gasteiger partial charge in [0, 0.05) is 17.3 Å². The SMILES string of the molecule is CCC(Br)C(=O)Nc1cccc(-c2ccc(=O)[nH]n2)c1. The minimum Gasteiger partial charge on any atom is -0.325 e. The lowest BCUT2D eigenvalue weighted by Gasteiger charge is -2.09. The Bertz CT molecular complexity index is 649. The zero-order valence-corrected chi connectivity index (χ0v) is 12.5. The van der Waals surface area contributed by atoms with Crippen LogP contribution in [0.2, 0.25) is 0 Å². The van der Waals surface area contributed by atoms with E-state index in [1.807, 2.05) is 31.2 Å². The molecular weight excluding hydrogens is 322 g/mol.